The van der Waals surface area contributed by atoms with Gasteiger partial charge in [0, 0.05) is 25.0 Å². The number of fused-ring (bicyclic) bond motifs is 3. The Hall–Kier alpha value is -2.73. The summed E-state index contributed by atoms with van der Waals surface area (Å²) < 4.78 is 0.779. The zero-order valence-corrected chi connectivity index (χ0v) is 19.9. The molecule has 2 aromatic rings. The van der Waals surface area contributed by atoms with Gasteiger partial charge in [0.15, 0.2) is 6.54 Å². The van der Waals surface area contributed by atoms with Gasteiger partial charge in [0.2, 0.25) is 0 Å². The number of amides is 1. The molecule has 6 heteroatoms. The molecule has 1 saturated carbocycles. The minimum Gasteiger partial charge on any atom is -0.481 e. The molecule has 1 aromatic carbocycles. The third-order valence-electron chi connectivity index (χ3n) is 8.97. The van der Waals surface area contributed by atoms with Crippen molar-refractivity contribution in [1.82, 2.24) is 4.98 Å². The van der Waals surface area contributed by atoms with E-state index in [0.29, 0.717) is 30.6 Å². The van der Waals surface area contributed by atoms with E-state index in [-0.39, 0.29) is 11.8 Å². The highest BCUT2D eigenvalue weighted by Crippen LogP contribution is 2.52. The molecule has 1 amide bonds. The number of nitrogens with zero attached hydrogens (tertiary/aromatic N) is 2. The van der Waals surface area contributed by atoms with E-state index >= 15 is 0 Å². The number of piperidine rings is 3. The number of nitrogens with one attached hydrogen (secondary N) is 1. The maximum Gasteiger partial charge on any atom is 0.314 e. The van der Waals surface area contributed by atoms with Gasteiger partial charge in [0.1, 0.15) is 5.82 Å². The fourth-order valence-electron chi connectivity index (χ4n) is 7.38. The zero-order chi connectivity index (χ0) is 23.6. The molecule has 0 spiro atoms. The van der Waals surface area contributed by atoms with Gasteiger partial charge in [-0.05, 0) is 42.4 Å². The number of carbonyl (C=O) groups is 2. The maximum absolute atomic E-state index is 13.1. The SMILES string of the molecule is O=C(C[N+]12CCC(CC1)[C@H](C1CCCCCC1(C(=O)O)c1ccccc1)C2)Nc1ccccn1. The van der Waals surface area contributed by atoms with Crippen LogP contribution >= 0.6 is 0 Å². The molecular formula is C28H36N3O3+. The number of hydrogen-bond acceptors (Lipinski definition) is 3. The fraction of sp³-hybridized carbons (Fsp3) is 0.536. The molecular weight excluding hydrogens is 426 g/mol. The molecule has 4 heterocycles. The highest BCUT2D eigenvalue weighted by molar-refractivity contribution is 5.90. The van der Waals surface area contributed by atoms with Crippen molar-refractivity contribution in [3.05, 3.63) is 60.3 Å². The molecule has 0 radical (unpaired) electrons. The van der Waals surface area contributed by atoms with Crippen LogP contribution in [-0.4, -0.2) is 52.6 Å². The van der Waals surface area contributed by atoms with E-state index in [1.165, 1.54) is 0 Å². The smallest absolute Gasteiger partial charge is 0.314 e. The Kier molecular flexibility index (Phi) is 6.43. The highest BCUT2D eigenvalue weighted by Gasteiger charge is 2.57. The molecule has 4 fully saturated rings. The maximum atomic E-state index is 13.1. The van der Waals surface area contributed by atoms with E-state index in [2.05, 4.69) is 10.3 Å². The molecule has 2 N–H and O–H groups in total. The Morgan fingerprint density at radius 1 is 1.00 bits per heavy atom. The van der Waals surface area contributed by atoms with Crippen LogP contribution in [0.1, 0.15) is 50.5 Å². The predicted molar refractivity (Wildman–Crippen MR) is 131 cm³/mol. The Bertz CT molecular complexity index is 1000. The van der Waals surface area contributed by atoms with Crippen LogP contribution in [0.3, 0.4) is 0 Å². The Labute approximate surface area is 202 Å². The zero-order valence-electron chi connectivity index (χ0n) is 19.9. The van der Waals surface area contributed by atoms with Gasteiger partial charge in [0.05, 0.1) is 25.0 Å². The average Bonchev–Trinajstić information content (AvgIpc) is 3.09. The van der Waals surface area contributed by atoms with Gasteiger partial charge in [0.25, 0.3) is 5.91 Å². The number of hydrogen-bond donors (Lipinski definition) is 2. The largest absolute Gasteiger partial charge is 0.481 e. The number of pyridine rings is 1. The third-order valence-corrected chi connectivity index (χ3v) is 8.97. The summed E-state index contributed by atoms with van der Waals surface area (Å²) >= 11 is 0. The molecule has 3 aliphatic heterocycles. The summed E-state index contributed by atoms with van der Waals surface area (Å²) in [5.74, 6) is 0.931. The molecule has 2 bridgehead atoms. The number of quaternary nitrogens is 1. The summed E-state index contributed by atoms with van der Waals surface area (Å²) in [6.07, 6.45) is 8.68. The molecule has 4 aliphatic rings. The van der Waals surface area contributed by atoms with E-state index in [9.17, 15) is 14.7 Å². The first-order valence-electron chi connectivity index (χ1n) is 12.9. The van der Waals surface area contributed by atoms with Crippen molar-refractivity contribution in [1.29, 1.82) is 0 Å². The fourth-order valence-corrected chi connectivity index (χ4v) is 7.38. The van der Waals surface area contributed by atoms with Gasteiger partial charge in [-0.15, -0.1) is 0 Å². The van der Waals surface area contributed by atoms with Crippen LogP contribution in [0.15, 0.2) is 54.7 Å². The molecule has 1 aromatic heterocycles. The van der Waals surface area contributed by atoms with Crippen molar-refractivity contribution in [2.45, 2.75) is 50.4 Å². The summed E-state index contributed by atoms with van der Waals surface area (Å²) in [6.45, 7) is 3.37. The van der Waals surface area contributed by atoms with Gasteiger partial charge in [-0.25, -0.2) is 4.98 Å². The van der Waals surface area contributed by atoms with Crippen LogP contribution < -0.4 is 5.32 Å². The van der Waals surface area contributed by atoms with Crippen molar-refractivity contribution in [2.75, 3.05) is 31.5 Å². The van der Waals surface area contributed by atoms with Crippen LogP contribution in [0.2, 0.25) is 0 Å². The minimum atomic E-state index is -0.832. The van der Waals surface area contributed by atoms with E-state index in [1.54, 1.807) is 6.20 Å². The molecule has 34 heavy (non-hydrogen) atoms. The van der Waals surface area contributed by atoms with Crippen LogP contribution in [0.5, 0.6) is 0 Å². The van der Waals surface area contributed by atoms with Gasteiger partial charge < -0.3 is 14.9 Å². The summed E-state index contributed by atoms with van der Waals surface area (Å²) in [5.41, 5.74) is 0.131. The number of rotatable bonds is 6. The van der Waals surface area contributed by atoms with Crippen LogP contribution in [0.25, 0.3) is 0 Å². The number of carbonyl (C=O) groups excluding carboxylic acids is 1. The van der Waals surface area contributed by atoms with E-state index in [1.807, 2.05) is 48.5 Å². The first-order chi connectivity index (χ1) is 16.5. The van der Waals surface area contributed by atoms with Gasteiger partial charge in [-0.1, -0.05) is 55.7 Å². The quantitative estimate of drug-likeness (QED) is 0.490. The third kappa shape index (κ3) is 4.24. The molecule has 3 atom stereocenters. The van der Waals surface area contributed by atoms with Crippen molar-refractivity contribution < 1.29 is 19.2 Å². The normalized spacial score (nSPS) is 33.1. The van der Waals surface area contributed by atoms with Crippen LogP contribution in [0.4, 0.5) is 5.82 Å². The molecule has 180 valence electrons. The number of benzene rings is 1. The van der Waals surface area contributed by atoms with Gasteiger partial charge in [-0.2, -0.15) is 0 Å². The lowest BCUT2D eigenvalue weighted by Crippen LogP contribution is -2.66. The van der Waals surface area contributed by atoms with Gasteiger partial charge in [-0.3, -0.25) is 9.59 Å². The lowest BCUT2D eigenvalue weighted by Gasteiger charge is -2.56. The topological polar surface area (TPSA) is 79.3 Å². The lowest BCUT2D eigenvalue weighted by molar-refractivity contribution is -0.940. The molecule has 6 rings (SSSR count). The number of aromatic nitrogens is 1. The van der Waals surface area contributed by atoms with E-state index in [4.69, 9.17) is 0 Å². The summed E-state index contributed by atoms with van der Waals surface area (Å²) in [5, 5.41) is 13.7. The first kappa shape index (κ1) is 23.0. The summed E-state index contributed by atoms with van der Waals surface area (Å²) in [6, 6.07) is 15.5. The van der Waals surface area contributed by atoms with Crippen molar-refractivity contribution in [3.63, 3.8) is 0 Å². The standard InChI is InChI=1S/C28H35N3O3/c32-26(30-25-12-6-8-16-29-25)20-31-17-13-21(14-18-31)23(19-31)24-11-5-2-7-15-28(24,27(33)34)22-9-3-1-4-10-22/h1,3-4,6,8-10,12,16,21,23-24H,2,5,7,11,13-15,17-20H2,(H-,29,30,32,33,34)/p+1/t21?,23-,24?,28?,31?/m1/s1. The molecule has 6 nitrogen and oxygen atoms in total. The highest BCUT2D eigenvalue weighted by atomic mass is 16.4. The monoisotopic (exact) mass is 462 g/mol. The second-order valence-corrected chi connectivity index (χ2v) is 10.7. The molecule has 2 unspecified atom stereocenters. The second-order valence-electron chi connectivity index (χ2n) is 10.7. The van der Waals surface area contributed by atoms with Crippen LogP contribution in [0, 0.1) is 17.8 Å². The predicted octanol–water partition coefficient (Wildman–Crippen LogP) is 4.48. The Morgan fingerprint density at radius 3 is 2.47 bits per heavy atom. The molecule has 1 aliphatic carbocycles. The van der Waals surface area contributed by atoms with Crippen LogP contribution in [-0.2, 0) is 15.0 Å². The molecule has 3 saturated heterocycles. The Morgan fingerprint density at radius 2 is 1.76 bits per heavy atom. The minimum absolute atomic E-state index is 0.00576. The Balaban J connectivity index is 1.42. The van der Waals surface area contributed by atoms with E-state index < -0.39 is 11.4 Å². The summed E-state index contributed by atoms with van der Waals surface area (Å²) in [7, 11) is 0. The second kappa shape index (κ2) is 9.49. The number of aliphatic carboxylic acids is 1. The van der Waals surface area contributed by atoms with Gasteiger partial charge >= 0.3 is 5.97 Å². The number of carboxylic acids is 1. The van der Waals surface area contributed by atoms with Crippen molar-refractivity contribution >= 4 is 17.7 Å². The lowest BCUT2D eigenvalue weighted by atomic mass is 9.57. The average molecular weight is 463 g/mol. The van der Waals surface area contributed by atoms with Crippen molar-refractivity contribution in [3.8, 4) is 0 Å². The number of carboxylic acid groups (broad SMARTS) is 1. The van der Waals surface area contributed by atoms with Crippen molar-refractivity contribution in [2.24, 2.45) is 17.8 Å². The summed E-state index contributed by atoms with van der Waals surface area (Å²) in [4.78, 5) is 30.3. The number of anilines is 1. The first-order valence-corrected chi connectivity index (χ1v) is 12.9. The van der Waals surface area contributed by atoms with E-state index in [0.717, 1.165) is 68.2 Å².